The third kappa shape index (κ3) is 15.3. The number of nitrogens with one attached hydrogen (secondary N) is 3. The minimum absolute atomic E-state index is 0. The third-order valence-electron chi connectivity index (χ3n) is 8.20. The number of aromatic amines is 3. The minimum atomic E-state index is -0.373. The molecular weight excluding hydrogens is 934 g/mol. The number of H-pyrrole nitrogens is 3. The molecule has 0 bridgehead atoms. The summed E-state index contributed by atoms with van der Waals surface area (Å²) in [6.07, 6.45) is 6.89. The Morgan fingerprint density at radius 3 is 1.76 bits per heavy atom. The van der Waals surface area contributed by atoms with Gasteiger partial charge in [-0.2, -0.15) is 10.2 Å². The second-order valence-corrected chi connectivity index (χ2v) is 14.4. The molecule has 15 nitrogen and oxygen atoms in total. The van der Waals surface area contributed by atoms with E-state index in [2.05, 4.69) is 30.3 Å². The van der Waals surface area contributed by atoms with Gasteiger partial charge in [0.05, 0.1) is 56.4 Å². The van der Waals surface area contributed by atoms with Crippen LogP contribution in [0.3, 0.4) is 0 Å². The van der Waals surface area contributed by atoms with Gasteiger partial charge in [0.2, 0.25) is 0 Å². The number of benzene rings is 2. The molecule has 2 aromatic carbocycles. The maximum absolute atomic E-state index is 13.2. The maximum Gasteiger partial charge on any atom is 1.00 e. The fourth-order valence-electron chi connectivity index (χ4n) is 5.57. The first-order valence-electron chi connectivity index (χ1n) is 17.5. The summed E-state index contributed by atoms with van der Waals surface area (Å²) in [7, 11) is 0. The van der Waals surface area contributed by atoms with Gasteiger partial charge in [-0.3, -0.25) is 38.7 Å². The van der Waals surface area contributed by atoms with Gasteiger partial charge in [-0.1, -0.05) is 60.7 Å². The Kier molecular flexibility index (Phi) is 25.4. The Morgan fingerprint density at radius 2 is 1.27 bits per heavy atom. The van der Waals surface area contributed by atoms with E-state index in [1.165, 1.54) is 36.5 Å². The van der Waals surface area contributed by atoms with Crippen LogP contribution in [-0.2, 0) is 35.3 Å². The molecule has 6 heterocycles. The Morgan fingerprint density at radius 1 is 0.774 bits per heavy atom. The largest absolute Gasteiger partial charge is 1.00 e. The molecule has 0 atom stereocenters. The molecule has 0 saturated heterocycles. The fraction of sp³-hybridized carbons (Fsp3) is 0.146. The summed E-state index contributed by atoms with van der Waals surface area (Å²) in [4.78, 5) is 63.6. The fourth-order valence-corrected chi connectivity index (χ4v) is 7.64. The second kappa shape index (κ2) is 28.6. The van der Waals surface area contributed by atoms with E-state index in [-0.39, 0.29) is 170 Å². The van der Waals surface area contributed by atoms with E-state index >= 15 is 0 Å². The van der Waals surface area contributed by atoms with Crippen molar-refractivity contribution in [1.82, 2.24) is 29.9 Å². The van der Waals surface area contributed by atoms with Crippen molar-refractivity contribution in [2.75, 3.05) is 0 Å². The van der Waals surface area contributed by atoms with Gasteiger partial charge in [-0.15, -0.1) is 46.7 Å². The van der Waals surface area contributed by atoms with Gasteiger partial charge >= 0.3 is 103 Å². The Labute approximate surface area is 460 Å². The first-order chi connectivity index (χ1) is 28.7. The molecule has 0 fully saturated rings. The summed E-state index contributed by atoms with van der Waals surface area (Å²) in [5, 5.41) is 25.2. The van der Waals surface area contributed by atoms with Crippen LogP contribution in [0.2, 0.25) is 0 Å². The van der Waals surface area contributed by atoms with Crippen LogP contribution < -0.4 is 129 Å². The van der Waals surface area contributed by atoms with E-state index in [9.17, 15) is 19.2 Å². The zero-order valence-corrected chi connectivity index (χ0v) is 43.4. The van der Waals surface area contributed by atoms with E-state index in [0.717, 1.165) is 37.2 Å². The molecule has 21 heteroatoms. The number of fused-ring (bicyclic) bond motifs is 2. The van der Waals surface area contributed by atoms with Crippen molar-refractivity contribution in [2.24, 2.45) is 0 Å². The predicted molar refractivity (Wildman–Crippen MR) is 231 cm³/mol. The first-order valence-corrected chi connectivity index (χ1v) is 19.8. The number of halogens is 2. The van der Waals surface area contributed by atoms with Crippen molar-refractivity contribution >= 4 is 85.2 Å². The van der Waals surface area contributed by atoms with Crippen molar-refractivity contribution in [2.45, 2.75) is 39.5 Å². The Bertz CT molecular complexity index is 2720. The topological polar surface area (TPSA) is 214 Å². The number of aromatic nitrogens is 6. The average Bonchev–Trinajstić information content (AvgIpc) is 4.10. The summed E-state index contributed by atoms with van der Waals surface area (Å²) >= 11 is 8.25. The van der Waals surface area contributed by atoms with Crippen LogP contribution in [0, 0.1) is 0 Å². The number of hydrogen-bond acceptors (Lipinski definition) is 13. The van der Waals surface area contributed by atoms with E-state index in [1.54, 1.807) is 35.4 Å². The van der Waals surface area contributed by atoms with Gasteiger partial charge in [0.25, 0.3) is 17.6 Å². The van der Waals surface area contributed by atoms with Crippen LogP contribution in [-0.4, -0.2) is 48.0 Å². The molecule has 314 valence electrons. The molecule has 62 heavy (non-hydrogen) atoms. The number of nitrogens with zero attached hydrogens (tertiary/aromatic N) is 3. The SMILES string of the molecule is CC(=O)c1c(OCc2ccccc2)c(=O)[nH]c2ccsc12.CC(=O)c1c(OCc2ccccc2)c(=O)n(Cc2cn[nH]c2)c2ccsc12.Cl.ClCc1cn[nH]c1.O=CO[O-].[H-].[K+].[K+]. The quantitative estimate of drug-likeness (QED) is 0.0394. The van der Waals surface area contributed by atoms with Gasteiger partial charge in [-0.05, 0) is 47.9 Å². The van der Waals surface area contributed by atoms with E-state index in [1.807, 2.05) is 77.5 Å². The molecule has 0 unspecified atom stereocenters. The van der Waals surface area contributed by atoms with Crippen LogP contribution in [0.4, 0.5) is 0 Å². The number of hydrogen-bond donors (Lipinski definition) is 3. The van der Waals surface area contributed by atoms with Crippen LogP contribution >= 0.6 is 46.7 Å². The van der Waals surface area contributed by atoms with Crippen molar-refractivity contribution in [1.29, 1.82) is 0 Å². The number of thiophene rings is 2. The van der Waals surface area contributed by atoms with Gasteiger partial charge < -0.3 is 26.0 Å². The number of alkyl halides is 1. The van der Waals surface area contributed by atoms with Gasteiger partial charge in [0.15, 0.2) is 23.1 Å². The number of pyridine rings is 2. The standard InChI is InChI=1S/C20H17N3O3S.C16H13NO3S.C4H5ClN2.CH2O3.ClH.2K.H/c1-13(24)17-18(26-12-14-5-3-2-4-6-14)20(25)23(11-15-9-21-22-10-15)16-7-8-27-19(16)17;1-10(18)13-14(20-9-11-5-3-2-4-6-11)16(19)17-12-7-8-21-15(12)13;5-1-4-2-6-7-3-4;2-1-4-3;;;;/h2-10H,11-12H2,1H3,(H,21,22);2-8H,9H2,1H3,(H,17,19);2-3H,1H2,(H,6,7);1,3H;1H;;;/q;;;;;2*+1;-1/p-1. The molecule has 3 N–H and O–H groups in total. The molecule has 0 radical (unpaired) electrons. The van der Waals surface area contributed by atoms with Gasteiger partial charge in [0.1, 0.15) is 13.2 Å². The van der Waals surface area contributed by atoms with E-state index < -0.39 is 0 Å². The molecule has 8 rings (SSSR count). The zero-order valence-electron chi connectivity index (χ0n) is 34.9. The van der Waals surface area contributed by atoms with Crippen LogP contribution in [0.15, 0.2) is 118 Å². The third-order valence-corrected chi connectivity index (χ3v) is 10.4. The molecule has 0 spiro atoms. The summed E-state index contributed by atoms with van der Waals surface area (Å²) in [6, 6.07) is 22.7. The van der Waals surface area contributed by atoms with Crippen molar-refractivity contribution in [3.63, 3.8) is 0 Å². The molecule has 6 aromatic heterocycles. The van der Waals surface area contributed by atoms with Gasteiger partial charge in [-0.25, -0.2) is 0 Å². The number of ether oxygens (including phenoxy) is 2. The molecule has 8 aromatic rings. The number of Topliss-reactive ketones (excluding diaryl/α,β-unsaturated/α-hetero) is 2. The Balaban J connectivity index is 0.000000490. The molecule has 0 aliphatic rings. The van der Waals surface area contributed by atoms with Crippen LogP contribution in [0.25, 0.3) is 20.4 Å². The summed E-state index contributed by atoms with van der Waals surface area (Å²) in [5.74, 6) is 0.386. The van der Waals surface area contributed by atoms with Crippen molar-refractivity contribution in [3.8, 4) is 11.5 Å². The Hall–Kier alpha value is -3.10. The van der Waals surface area contributed by atoms with E-state index in [4.69, 9.17) is 31.1 Å². The van der Waals surface area contributed by atoms with Crippen LogP contribution in [0.5, 0.6) is 11.5 Å². The minimum Gasteiger partial charge on any atom is -1.00 e. The van der Waals surface area contributed by atoms with E-state index in [0.29, 0.717) is 29.1 Å². The smallest absolute Gasteiger partial charge is 1.00 e. The van der Waals surface area contributed by atoms with Crippen molar-refractivity contribution < 1.29 is 138 Å². The normalized spacial score (nSPS) is 9.81. The average molecular weight is 972 g/mol. The molecule has 0 aliphatic heterocycles. The van der Waals surface area contributed by atoms with Gasteiger partial charge in [0, 0.05) is 23.5 Å². The molecular formula is C41H38Cl2K2N6O9S2. The summed E-state index contributed by atoms with van der Waals surface area (Å²) in [6.45, 7) is 3.55. The molecule has 0 amide bonds. The number of carbonyl (C=O) groups excluding carboxylic acids is 3. The maximum atomic E-state index is 13.2. The zero-order chi connectivity index (χ0) is 42.1. The second-order valence-electron chi connectivity index (χ2n) is 12.3. The van der Waals surface area contributed by atoms with Crippen molar-refractivity contribution in [3.05, 3.63) is 162 Å². The molecule has 0 aliphatic carbocycles. The number of ketones is 2. The number of rotatable bonds is 12. The van der Waals surface area contributed by atoms with Crippen LogP contribution in [0.1, 0.15) is 58.2 Å². The number of carbonyl (C=O) groups is 3. The predicted octanol–water partition coefficient (Wildman–Crippen LogP) is 1.11. The molecule has 0 saturated carbocycles. The summed E-state index contributed by atoms with van der Waals surface area (Å²) < 4.78 is 14.7. The monoisotopic (exact) mass is 970 g/mol. The first kappa shape index (κ1) is 55.0. The summed E-state index contributed by atoms with van der Waals surface area (Å²) in [5.41, 5.74) is 5.19.